The number of hydrogen-bond donors (Lipinski definition) is 1. The molecule has 1 unspecified atom stereocenters. The van der Waals surface area contributed by atoms with Crippen LogP contribution in [0.3, 0.4) is 0 Å². The molecule has 1 atom stereocenters. The number of carbonyl (C=O) groups is 1. The van der Waals surface area contributed by atoms with Crippen molar-refractivity contribution in [3.8, 4) is 11.3 Å². The highest BCUT2D eigenvalue weighted by molar-refractivity contribution is 6.00. The molecule has 5 nitrogen and oxygen atoms in total. The third-order valence-corrected chi connectivity index (χ3v) is 4.51. The van der Waals surface area contributed by atoms with Crippen LogP contribution in [0.5, 0.6) is 0 Å². The summed E-state index contributed by atoms with van der Waals surface area (Å²) in [6.07, 6.45) is 6.22. The molecule has 0 radical (unpaired) electrons. The van der Waals surface area contributed by atoms with Gasteiger partial charge in [0.2, 0.25) is 5.91 Å². The number of hydrogen-bond acceptors (Lipinski definition) is 4. The van der Waals surface area contributed by atoms with Crippen molar-refractivity contribution in [1.29, 1.82) is 0 Å². The maximum Gasteiger partial charge on any atom is 0.244 e. The Balaban J connectivity index is 1.70. The van der Waals surface area contributed by atoms with Crippen molar-refractivity contribution in [3.05, 3.63) is 42.4 Å². The van der Waals surface area contributed by atoms with Crippen molar-refractivity contribution in [2.45, 2.75) is 25.3 Å². The summed E-state index contributed by atoms with van der Waals surface area (Å²) in [7, 11) is 0. The van der Waals surface area contributed by atoms with E-state index in [9.17, 15) is 4.79 Å². The topological polar surface area (TPSA) is 58.1 Å². The van der Waals surface area contributed by atoms with Crippen molar-refractivity contribution < 1.29 is 4.79 Å². The molecule has 2 aromatic rings. The van der Waals surface area contributed by atoms with Crippen molar-refractivity contribution in [2.24, 2.45) is 0 Å². The van der Waals surface area contributed by atoms with Gasteiger partial charge in [-0.05, 0) is 43.5 Å². The molecule has 0 spiro atoms. The Bertz CT molecular complexity index is 695. The molecule has 0 aliphatic carbocycles. The molecule has 5 heteroatoms. The first-order valence-electron chi connectivity index (χ1n) is 7.77. The van der Waals surface area contributed by atoms with Gasteiger partial charge in [-0.2, -0.15) is 0 Å². The normalized spacial score (nSPS) is 20.2. The van der Waals surface area contributed by atoms with E-state index in [1.165, 1.54) is 5.56 Å². The molecule has 1 saturated heterocycles. The molecule has 112 valence electrons. The first-order chi connectivity index (χ1) is 10.8. The van der Waals surface area contributed by atoms with Gasteiger partial charge in [0, 0.05) is 24.0 Å². The first kappa shape index (κ1) is 13.4. The van der Waals surface area contributed by atoms with Crippen molar-refractivity contribution in [1.82, 2.24) is 15.3 Å². The van der Waals surface area contributed by atoms with Crippen LogP contribution < -0.4 is 10.2 Å². The summed E-state index contributed by atoms with van der Waals surface area (Å²) in [5.74, 6) is 0.205. The summed E-state index contributed by atoms with van der Waals surface area (Å²) < 4.78 is 0. The number of amides is 1. The molecular formula is C17H18N4O. The Labute approximate surface area is 129 Å². The van der Waals surface area contributed by atoms with Crippen LogP contribution >= 0.6 is 0 Å². The second-order valence-electron chi connectivity index (χ2n) is 5.79. The lowest BCUT2D eigenvalue weighted by Gasteiger charge is -2.21. The van der Waals surface area contributed by atoms with Crippen molar-refractivity contribution in [3.63, 3.8) is 0 Å². The molecule has 1 fully saturated rings. The molecule has 4 rings (SSSR count). The van der Waals surface area contributed by atoms with Gasteiger partial charge in [0.15, 0.2) is 0 Å². The molecule has 1 N–H and O–H groups in total. The summed E-state index contributed by atoms with van der Waals surface area (Å²) in [5, 5.41) is 3.30. The van der Waals surface area contributed by atoms with E-state index in [1.807, 2.05) is 23.1 Å². The van der Waals surface area contributed by atoms with Crippen LogP contribution in [-0.4, -0.2) is 35.0 Å². The molecule has 1 aromatic heterocycles. The van der Waals surface area contributed by atoms with Crippen LogP contribution in [0.4, 0.5) is 5.69 Å². The van der Waals surface area contributed by atoms with E-state index in [0.717, 1.165) is 49.3 Å². The van der Waals surface area contributed by atoms with Gasteiger partial charge in [-0.25, -0.2) is 9.97 Å². The van der Waals surface area contributed by atoms with Crippen LogP contribution in [0.25, 0.3) is 11.3 Å². The summed E-state index contributed by atoms with van der Waals surface area (Å²) in [4.78, 5) is 23.0. The summed E-state index contributed by atoms with van der Waals surface area (Å²) in [6.45, 7) is 1.70. The summed E-state index contributed by atoms with van der Waals surface area (Å²) in [5.41, 5.74) is 4.28. The highest BCUT2D eigenvalue weighted by Crippen LogP contribution is 2.35. The minimum absolute atomic E-state index is 0.0198. The Morgan fingerprint density at radius 1 is 1.32 bits per heavy atom. The smallest absolute Gasteiger partial charge is 0.244 e. The van der Waals surface area contributed by atoms with E-state index in [-0.39, 0.29) is 11.9 Å². The lowest BCUT2D eigenvalue weighted by atomic mass is 10.0. The molecule has 0 saturated carbocycles. The fraction of sp³-hybridized carbons (Fsp3) is 0.353. The number of anilines is 1. The zero-order chi connectivity index (χ0) is 14.9. The molecule has 1 amide bonds. The van der Waals surface area contributed by atoms with Crippen molar-refractivity contribution >= 4 is 11.6 Å². The number of carbonyl (C=O) groups excluding carboxylic acids is 1. The van der Waals surface area contributed by atoms with E-state index in [0.29, 0.717) is 0 Å². The lowest BCUT2D eigenvalue weighted by Crippen LogP contribution is -2.42. The molecule has 22 heavy (non-hydrogen) atoms. The second-order valence-corrected chi connectivity index (χ2v) is 5.79. The minimum atomic E-state index is -0.0198. The first-order valence-corrected chi connectivity index (χ1v) is 7.77. The molecular weight excluding hydrogens is 276 g/mol. The van der Waals surface area contributed by atoms with Crippen LogP contribution in [0, 0.1) is 0 Å². The predicted molar refractivity (Wildman–Crippen MR) is 84.5 cm³/mol. The number of benzene rings is 1. The number of nitrogens with zero attached hydrogens (tertiary/aromatic N) is 3. The van der Waals surface area contributed by atoms with E-state index >= 15 is 0 Å². The maximum atomic E-state index is 12.7. The quantitative estimate of drug-likeness (QED) is 0.917. The van der Waals surface area contributed by atoms with Gasteiger partial charge in [0.05, 0.1) is 11.7 Å². The summed E-state index contributed by atoms with van der Waals surface area (Å²) in [6, 6.07) is 8.01. The number of fused-ring (bicyclic) bond motifs is 1. The van der Waals surface area contributed by atoms with Gasteiger partial charge in [0.1, 0.15) is 6.33 Å². The van der Waals surface area contributed by atoms with Crippen LogP contribution in [0.2, 0.25) is 0 Å². The Hall–Kier alpha value is -2.27. The van der Waals surface area contributed by atoms with E-state index in [1.54, 1.807) is 12.5 Å². The highest BCUT2D eigenvalue weighted by atomic mass is 16.2. The van der Waals surface area contributed by atoms with Crippen LogP contribution in [0.15, 0.2) is 36.8 Å². The van der Waals surface area contributed by atoms with Gasteiger partial charge in [-0.15, -0.1) is 0 Å². The lowest BCUT2D eigenvalue weighted by molar-refractivity contribution is -0.120. The fourth-order valence-corrected chi connectivity index (χ4v) is 3.44. The average molecular weight is 294 g/mol. The van der Waals surface area contributed by atoms with Crippen LogP contribution in [-0.2, 0) is 11.2 Å². The van der Waals surface area contributed by atoms with Gasteiger partial charge in [-0.3, -0.25) is 4.79 Å². The average Bonchev–Trinajstić information content (AvgIpc) is 3.24. The number of rotatable bonds is 2. The minimum Gasteiger partial charge on any atom is -0.310 e. The summed E-state index contributed by atoms with van der Waals surface area (Å²) >= 11 is 0. The Morgan fingerprint density at radius 2 is 2.27 bits per heavy atom. The number of aromatic nitrogens is 2. The molecule has 1 aromatic carbocycles. The standard InChI is InChI=1S/C17H18N4O/c22-17(15-4-2-8-19-15)21-10-7-13-12(3-1-5-16(13)21)14-6-9-18-11-20-14/h1,3,5-6,9,11,15,19H,2,4,7-8,10H2. The van der Waals surface area contributed by atoms with Gasteiger partial charge in [-0.1, -0.05) is 12.1 Å². The molecule has 2 aliphatic heterocycles. The van der Waals surface area contributed by atoms with Crippen molar-refractivity contribution in [2.75, 3.05) is 18.0 Å². The Morgan fingerprint density at radius 3 is 3.05 bits per heavy atom. The van der Waals surface area contributed by atoms with E-state index in [2.05, 4.69) is 21.4 Å². The molecule has 2 aliphatic rings. The molecule has 0 bridgehead atoms. The van der Waals surface area contributed by atoms with Gasteiger partial charge < -0.3 is 10.2 Å². The van der Waals surface area contributed by atoms with Gasteiger partial charge in [0.25, 0.3) is 0 Å². The third kappa shape index (κ3) is 2.18. The number of nitrogens with one attached hydrogen (secondary N) is 1. The Kier molecular flexibility index (Phi) is 3.35. The predicted octanol–water partition coefficient (Wildman–Crippen LogP) is 1.78. The van der Waals surface area contributed by atoms with E-state index in [4.69, 9.17) is 0 Å². The zero-order valence-corrected chi connectivity index (χ0v) is 12.3. The monoisotopic (exact) mass is 294 g/mol. The largest absolute Gasteiger partial charge is 0.310 e. The SMILES string of the molecule is O=C(C1CCCN1)N1CCc2c(-c3ccncn3)cccc21. The van der Waals surface area contributed by atoms with E-state index < -0.39 is 0 Å². The van der Waals surface area contributed by atoms with Crippen LogP contribution in [0.1, 0.15) is 18.4 Å². The maximum absolute atomic E-state index is 12.7. The second kappa shape index (κ2) is 5.50. The highest BCUT2D eigenvalue weighted by Gasteiger charge is 2.32. The third-order valence-electron chi connectivity index (χ3n) is 4.51. The zero-order valence-electron chi connectivity index (χ0n) is 12.3. The molecule has 3 heterocycles. The van der Waals surface area contributed by atoms with Gasteiger partial charge >= 0.3 is 0 Å². The fourth-order valence-electron chi connectivity index (χ4n) is 3.44.